The van der Waals surface area contributed by atoms with E-state index in [0.717, 1.165) is 12.8 Å². The van der Waals surface area contributed by atoms with E-state index in [-0.39, 0.29) is 18.1 Å². The molecule has 0 unspecified atom stereocenters. The molecule has 2 N–H and O–H groups in total. The summed E-state index contributed by atoms with van der Waals surface area (Å²) in [6.07, 6.45) is 7.15. The molecular weight excluding hydrogens is 166 g/mol. The maximum Gasteiger partial charge on any atom is 0.323 e. The van der Waals surface area contributed by atoms with Gasteiger partial charge >= 0.3 is 5.97 Å². The van der Waals surface area contributed by atoms with Gasteiger partial charge in [-0.3, -0.25) is 4.79 Å². The minimum atomic E-state index is -0.344. The van der Waals surface area contributed by atoms with E-state index in [9.17, 15) is 4.79 Å². The highest BCUT2D eigenvalue weighted by atomic mass is 16.6. The maximum absolute atomic E-state index is 11.2. The quantitative estimate of drug-likeness (QED) is 0.574. The molecule has 1 heterocycles. The standard InChI is InChI=1S/C10H17NO2/c11-9-7-5-3-1-2-4-6-8(7)13-10(9)12/h7-9H,1-6,11H2/t7-,8+,9-/m0/s1. The van der Waals surface area contributed by atoms with Gasteiger partial charge in [-0.1, -0.05) is 19.3 Å². The summed E-state index contributed by atoms with van der Waals surface area (Å²) in [6, 6.07) is -0.344. The normalized spacial score (nSPS) is 40.4. The molecule has 2 fully saturated rings. The summed E-state index contributed by atoms with van der Waals surface area (Å²) < 4.78 is 5.25. The van der Waals surface area contributed by atoms with Gasteiger partial charge in [-0.2, -0.15) is 0 Å². The topological polar surface area (TPSA) is 52.3 Å². The van der Waals surface area contributed by atoms with Crippen molar-refractivity contribution in [2.75, 3.05) is 0 Å². The molecule has 0 aromatic heterocycles. The van der Waals surface area contributed by atoms with E-state index < -0.39 is 0 Å². The summed E-state index contributed by atoms with van der Waals surface area (Å²) in [5, 5.41) is 0. The first-order chi connectivity index (χ1) is 6.29. The molecule has 1 aliphatic carbocycles. The van der Waals surface area contributed by atoms with E-state index in [1.54, 1.807) is 0 Å². The lowest BCUT2D eigenvalue weighted by Gasteiger charge is -2.21. The second-order valence-corrected chi connectivity index (χ2v) is 4.16. The van der Waals surface area contributed by atoms with Crippen molar-refractivity contribution in [1.82, 2.24) is 0 Å². The molecule has 74 valence electrons. The van der Waals surface area contributed by atoms with Gasteiger partial charge in [-0.15, -0.1) is 0 Å². The third kappa shape index (κ3) is 1.70. The van der Waals surface area contributed by atoms with E-state index >= 15 is 0 Å². The smallest absolute Gasteiger partial charge is 0.323 e. The maximum atomic E-state index is 11.2. The lowest BCUT2D eigenvalue weighted by Crippen LogP contribution is -2.34. The summed E-state index contributed by atoms with van der Waals surface area (Å²) in [7, 11) is 0. The second kappa shape index (κ2) is 3.66. The van der Waals surface area contributed by atoms with Crippen LogP contribution in [0.15, 0.2) is 0 Å². The highest BCUT2D eigenvalue weighted by Crippen LogP contribution is 2.32. The van der Waals surface area contributed by atoms with Gasteiger partial charge in [-0.25, -0.2) is 0 Å². The molecule has 3 atom stereocenters. The number of hydrogen-bond acceptors (Lipinski definition) is 3. The van der Waals surface area contributed by atoms with Gasteiger partial charge in [0.25, 0.3) is 0 Å². The van der Waals surface area contributed by atoms with Crippen molar-refractivity contribution in [3.63, 3.8) is 0 Å². The molecular formula is C10H17NO2. The SMILES string of the molecule is N[C@@H]1C(=O)O[C@@H]2CCCCCC[C@H]12. The van der Waals surface area contributed by atoms with Gasteiger partial charge in [0.1, 0.15) is 12.1 Å². The second-order valence-electron chi connectivity index (χ2n) is 4.16. The lowest BCUT2D eigenvalue weighted by molar-refractivity contribution is -0.142. The Morgan fingerprint density at radius 3 is 2.62 bits per heavy atom. The number of rotatable bonds is 0. The first kappa shape index (κ1) is 9.00. The Kier molecular flexibility index (Phi) is 2.54. The summed E-state index contributed by atoms with van der Waals surface area (Å²) in [5.41, 5.74) is 5.78. The van der Waals surface area contributed by atoms with Crippen LogP contribution in [0.2, 0.25) is 0 Å². The van der Waals surface area contributed by atoms with E-state index in [0.29, 0.717) is 5.92 Å². The van der Waals surface area contributed by atoms with Crippen molar-refractivity contribution >= 4 is 5.97 Å². The molecule has 0 radical (unpaired) electrons. The zero-order valence-corrected chi connectivity index (χ0v) is 7.87. The molecule has 1 saturated carbocycles. The molecule has 0 amide bonds. The van der Waals surface area contributed by atoms with Gasteiger partial charge in [0.2, 0.25) is 0 Å². The van der Waals surface area contributed by atoms with Crippen LogP contribution in [-0.4, -0.2) is 18.1 Å². The van der Waals surface area contributed by atoms with Crippen molar-refractivity contribution in [2.24, 2.45) is 11.7 Å². The van der Waals surface area contributed by atoms with Gasteiger partial charge in [0, 0.05) is 5.92 Å². The van der Waals surface area contributed by atoms with Gasteiger partial charge < -0.3 is 10.5 Å². The molecule has 1 aliphatic heterocycles. The van der Waals surface area contributed by atoms with Crippen molar-refractivity contribution in [1.29, 1.82) is 0 Å². The molecule has 1 saturated heterocycles. The fourth-order valence-corrected chi connectivity index (χ4v) is 2.44. The van der Waals surface area contributed by atoms with E-state index in [2.05, 4.69) is 0 Å². The predicted molar refractivity (Wildman–Crippen MR) is 49.0 cm³/mol. The van der Waals surface area contributed by atoms with Crippen LogP contribution in [0, 0.1) is 5.92 Å². The number of hydrogen-bond donors (Lipinski definition) is 1. The van der Waals surface area contributed by atoms with Crippen LogP contribution in [0.5, 0.6) is 0 Å². The Bertz CT molecular complexity index is 205. The lowest BCUT2D eigenvalue weighted by atomic mass is 9.86. The monoisotopic (exact) mass is 183 g/mol. The first-order valence-corrected chi connectivity index (χ1v) is 5.25. The van der Waals surface area contributed by atoms with E-state index in [4.69, 9.17) is 10.5 Å². The molecule has 13 heavy (non-hydrogen) atoms. The van der Waals surface area contributed by atoms with Crippen LogP contribution in [0.25, 0.3) is 0 Å². The number of fused-ring (bicyclic) bond motifs is 1. The number of ether oxygens (including phenoxy) is 1. The Morgan fingerprint density at radius 2 is 1.85 bits per heavy atom. The fraction of sp³-hybridized carbons (Fsp3) is 0.900. The first-order valence-electron chi connectivity index (χ1n) is 5.25. The third-order valence-corrected chi connectivity index (χ3v) is 3.25. The van der Waals surface area contributed by atoms with Crippen LogP contribution < -0.4 is 5.73 Å². The summed E-state index contributed by atoms with van der Waals surface area (Å²) in [5.74, 6) is 0.115. The molecule has 2 rings (SSSR count). The van der Waals surface area contributed by atoms with E-state index in [1.807, 2.05) is 0 Å². The molecule has 0 aromatic carbocycles. The van der Waals surface area contributed by atoms with Crippen LogP contribution in [0.3, 0.4) is 0 Å². The summed E-state index contributed by atoms with van der Waals surface area (Å²) >= 11 is 0. The van der Waals surface area contributed by atoms with Crippen LogP contribution >= 0.6 is 0 Å². The average Bonchev–Trinajstić information content (AvgIpc) is 2.31. The summed E-state index contributed by atoms with van der Waals surface area (Å²) in [6.45, 7) is 0. The fourth-order valence-electron chi connectivity index (χ4n) is 2.44. The van der Waals surface area contributed by atoms with Crippen LogP contribution in [-0.2, 0) is 9.53 Å². The zero-order valence-electron chi connectivity index (χ0n) is 7.87. The molecule has 2 aliphatic rings. The Morgan fingerprint density at radius 1 is 1.15 bits per heavy atom. The molecule has 0 bridgehead atoms. The molecule has 0 spiro atoms. The largest absolute Gasteiger partial charge is 0.461 e. The zero-order chi connectivity index (χ0) is 9.26. The Labute approximate surface area is 78.6 Å². The van der Waals surface area contributed by atoms with Crippen LogP contribution in [0.1, 0.15) is 38.5 Å². The van der Waals surface area contributed by atoms with Crippen molar-refractivity contribution in [3.05, 3.63) is 0 Å². The minimum Gasteiger partial charge on any atom is -0.461 e. The van der Waals surface area contributed by atoms with Crippen LogP contribution in [0.4, 0.5) is 0 Å². The molecule has 3 nitrogen and oxygen atoms in total. The highest BCUT2D eigenvalue weighted by molar-refractivity contribution is 5.78. The molecule has 0 aromatic rings. The van der Waals surface area contributed by atoms with Gasteiger partial charge in [0.05, 0.1) is 0 Å². The number of esters is 1. The number of nitrogens with two attached hydrogens (primary N) is 1. The Balaban J connectivity index is 2.04. The number of carbonyl (C=O) groups is 1. The van der Waals surface area contributed by atoms with Gasteiger partial charge in [-0.05, 0) is 19.3 Å². The molecule has 3 heteroatoms. The Hall–Kier alpha value is -0.570. The van der Waals surface area contributed by atoms with E-state index in [1.165, 1.54) is 25.7 Å². The summed E-state index contributed by atoms with van der Waals surface area (Å²) in [4.78, 5) is 11.2. The van der Waals surface area contributed by atoms with Crippen molar-refractivity contribution in [3.8, 4) is 0 Å². The van der Waals surface area contributed by atoms with Crippen molar-refractivity contribution in [2.45, 2.75) is 50.7 Å². The third-order valence-electron chi connectivity index (χ3n) is 3.25. The minimum absolute atomic E-state index is 0.128. The number of carbonyl (C=O) groups excluding carboxylic acids is 1. The predicted octanol–water partition coefficient (Wildman–Crippen LogP) is 1.21. The highest BCUT2D eigenvalue weighted by Gasteiger charge is 2.41. The average molecular weight is 183 g/mol. The van der Waals surface area contributed by atoms with Gasteiger partial charge in [0.15, 0.2) is 0 Å². The van der Waals surface area contributed by atoms with Crippen molar-refractivity contribution < 1.29 is 9.53 Å².